The van der Waals surface area contributed by atoms with Gasteiger partial charge < -0.3 is 5.32 Å². The van der Waals surface area contributed by atoms with Crippen molar-refractivity contribution in [2.24, 2.45) is 0 Å². The molecular formula is C21H18Cl2FN3O3S. The van der Waals surface area contributed by atoms with E-state index in [0.717, 1.165) is 22.0 Å². The molecule has 0 saturated heterocycles. The van der Waals surface area contributed by atoms with Crippen molar-refractivity contribution in [2.45, 2.75) is 24.4 Å². The van der Waals surface area contributed by atoms with Crippen LogP contribution in [0.1, 0.15) is 12.5 Å². The summed E-state index contributed by atoms with van der Waals surface area (Å²) in [5, 5.41) is 3.11. The smallest absolute Gasteiger partial charge is 0.265 e. The summed E-state index contributed by atoms with van der Waals surface area (Å²) >= 11 is 11.9. The lowest BCUT2D eigenvalue weighted by Gasteiger charge is -2.30. The van der Waals surface area contributed by atoms with Crippen molar-refractivity contribution in [2.75, 3.05) is 4.31 Å². The fraction of sp³-hybridized carbons (Fsp3) is 0.143. The van der Waals surface area contributed by atoms with E-state index in [2.05, 4.69) is 10.3 Å². The van der Waals surface area contributed by atoms with Gasteiger partial charge in [0, 0.05) is 29.0 Å². The number of carbonyl (C=O) groups excluding carboxylic acids is 1. The predicted molar refractivity (Wildman–Crippen MR) is 118 cm³/mol. The third-order valence-corrected chi connectivity index (χ3v) is 6.82. The highest BCUT2D eigenvalue weighted by Crippen LogP contribution is 2.31. The van der Waals surface area contributed by atoms with Crippen LogP contribution >= 0.6 is 23.2 Å². The third kappa shape index (κ3) is 5.33. The summed E-state index contributed by atoms with van der Waals surface area (Å²) in [6, 6.07) is 11.0. The van der Waals surface area contributed by atoms with Crippen LogP contribution < -0.4 is 9.62 Å². The van der Waals surface area contributed by atoms with Crippen molar-refractivity contribution < 1.29 is 17.6 Å². The van der Waals surface area contributed by atoms with Crippen LogP contribution in [0.5, 0.6) is 0 Å². The van der Waals surface area contributed by atoms with Gasteiger partial charge in [0.1, 0.15) is 11.9 Å². The van der Waals surface area contributed by atoms with Gasteiger partial charge in [0.25, 0.3) is 10.0 Å². The maximum atomic E-state index is 14.7. The molecule has 162 valence electrons. The molecule has 3 rings (SSSR count). The van der Waals surface area contributed by atoms with Crippen LogP contribution in [-0.4, -0.2) is 25.4 Å². The lowest BCUT2D eigenvalue weighted by Crippen LogP contribution is -2.48. The quantitative estimate of drug-likeness (QED) is 0.541. The van der Waals surface area contributed by atoms with Gasteiger partial charge in [-0.05, 0) is 61.0 Å². The Hall–Kier alpha value is -2.68. The average Bonchev–Trinajstić information content (AvgIpc) is 2.75. The van der Waals surface area contributed by atoms with Gasteiger partial charge in [0.2, 0.25) is 5.91 Å². The number of nitrogens with zero attached hydrogens (tertiary/aromatic N) is 2. The molecule has 0 saturated carbocycles. The second-order valence-electron chi connectivity index (χ2n) is 6.61. The Kier molecular flexibility index (Phi) is 7.15. The Morgan fingerprint density at radius 3 is 2.45 bits per heavy atom. The number of halogens is 3. The highest BCUT2D eigenvalue weighted by atomic mass is 35.5. The second kappa shape index (κ2) is 9.64. The summed E-state index contributed by atoms with van der Waals surface area (Å²) < 4.78 is 42.2. The zero-order valence-corrected chi connectivity index (χ0v) is 18.6. The summed E-state index contributed by atoms with van der Waals surface area (Å²) in [6.07, 6.45) is 3.17. The molecule has 1 amide bonds. The number of rotatable bonds is 7. The molecule has 0 aliphatic rings. The lowest BCUT2D eigenvalue weighted by molar-refractivity contribution is -0.122. The van der Waals surface area contributed by atoms with Crippen LogP contribution in [0.25, 0.3) is 0 Å². The molecular weight excluding hydrogens is 464 g/mol. The fourth-order valence-electron chi connectivity index (χ4n) is 2.87. The summed E-state index contributed by atoms with van der Waals surface area (Å²) in [7, 11) is -4.33. The normalized spacial score (nSPS) is 12.3. The lowest BCUT2D eigenvalue weighted by atomic mass is 10.2. The average molecular weight is 482 g/mol. The zero-order valence-electron chi connectivity index (χ0n) is 16.3. The number of amides is 1. The number of sulfonamides is 1. The van der Waals surface area contributed by atoms with Crippen molar-refractivity contribution in [3.63, 3.8) is 0 Å². The number of anilines is 1. The largest absolute Gasteiger partial charge is 0.350 e. The van der Waals surface area contributed by atoms with Crippen molar-refractivity contribution in [3.8, 4) is 0 Å². The molecule has 1 N–H and O–H groups in total. The van der Waals surface area contributed by atoms with Gasteiger partial charge in [-0.15, -0.1) is 0 Å². The van der Waals surface area contributed by atoms with Crippen molar-refractivity contribution in [1.82, 2.24) is 10.3 Å². The summed E-state index contributed by atoms with van der Waals surface area (Å²) in [4.78, 5) is 16.7. The van der Waals surface area contributed by atoms with Gasteiger partial charge >= 0.3 is 0 Å². The molecule has 31 heavy (non-hydrogen) atoms. The molecule has 3 aromatic rings. The molecule has 2 aromatic carbocycles. The molecule has 0 fully saturated rings. The van der Waals surface area contributed by atoms with E-state index < -0.39 is 27.8 Å². The molecule has 0 aliphatic heterocycles. The van der Waals surface area contributed by atoms with Gasteiger partial charge in [0.15, 0.2) is 0 Å². The maximum Gasteiger partial charge on any atom is 0.265 e. The van der Waals surface area contributed by atoms with Crippen LogP contribution in [0.2, 0.25) is 10.0 Å². The number of nitrogens with one attached hydrogen (secondary N) is 1. The molecule has 1 aromatic heterocycles. The van der Waals surface area contributed by atoms with Crippen LogP contribution in [0.15, 0.2) is 71.9 Å². The van der Waals surface area contributed by atoms with Crippen LogP contribution in [0.4, 0.5) is 10.1 Å². The van der Waals surface area contributed by atoms with Gasteiger partial charge in [-0.25, -0.2) is 12.8 Å². The summed E-state index contributed by atoms with van der Waals surface area (Å²) in [5.41, 5.74) is 0.385. The summed E-state index contributed by atoms with van der Waals surface area (Å²) in [5.74, 6) is -1.46. The van der Waals surface area contributed by atoms with Gasteiger partial charge in [-0.1, -0.05) is 29.3 Å². The monoisotopic (exact) mass is 481 g/mol. The van der Waals surface area contributed by atoms with Gasteiger partial charge in [0.05, 0.1) is 10.6 Å². The number of hydrogen-bond donors (Lipinski definition) is 1. The van der Waals surface area contributed by atoms with Crippen LogP contribution in [-0.2, 0) is 21.4 Å². The van der Waals surface area contributed by atoms with Gasteiger partial charge in [-0.3, -0.25) is 14.1 Å². The fourth-order valence-corrected chi connectivity index (χ4v) is 4.78. The van der Waals surface area contributed by atoms with E-state index >= 15 is 0 Å². The Balaban J connectivity index is 2.00. The number of aromatic nitrogens is 1. The Labute approximate surface area is 189 Å². The molecule has 0 unspecified atom stereocenters. The first kappa shape index (κ1) is 23.0. The van der Waals surface area contributed by atoms with E-state index in [9.17, 15) is 17.6 Å². The molecule has 1 heterocycles. The SMILES string of the molecule is C[C@H](C(=O)NCc1cccnc1)N(c1cc(Cl)ccc1F)S(=O)(=O)c1ccc(Cl)cc1. The highest BCUT2D eigenvalue weighted by molar-refractivity contribution is 7.93. The minimum atomic E-state index is -4.33. The topological polar surface area (TPSA) is 79.4 Å². The second-order valence-corrected chi connectivity index (χ2v) is 9.29. The number of hydrogen-bond acceptors (Lipinski definition) is 4. The molecule has 10 heteroatoms. The molecule has 0 bridgehead atoms. The van der Waals surface area contributed by atoms with E-state index in [0.29, 0.717) is 5.02 Å². The minimum absolute atomic E-state index is 0.121. The predicted octanol–water partition coefficient (Wildman–Crippen LogP) is 4.43. The first-order valence-electron chi connectivity index (χ1n) is 9.12. The Bertz CT molecular complexity index is 1180. The van der Waals surface area contributed by atoms with E-state index in [1.165, 1.54) is 37.3 Å². The number of pyridine rings is 1. The van der Waals surface area contributed by atoms with E-state index in [1.54, 1.807) is 24.5 Å². The van der Waals surface area contributed by atoms with Crippen molar-refractivity contribution in [3.05, 3.63) is 88.4 Å². The standard InChI is InChI=1S/C21H18Cl2FN3O3S/c1-14(21(28)26-13-15-3-2-10-25-12-15)27(20-11-17(23)6-9-19(20)24)31(29,30)18-7-4-16(22)5-8-18/h2-12,14H,13H2,1H3,(H,26,28)/t14-/m1/s1. The maximum absolute atomic E-state index is 14.7. The Morgan fingerprint density at radius 2 is 1.81 bits per heavy atom. The first-order chi connectivity index (χ1) is 14.7. The number of carbonyl (C=O) groups is 1. The molecule has 0 radical (unpaired) electrons. The van der Waals surface area contributed by atoms with Crippen LogP contribution in [0.3, 0.4) is 0 Å². The Morgan fingerprint density at radius 1 is 1.13 bits per heavy atom. The van der Waals surface area contributed by atoms with E-state index in [4.69, 9.17) is 23.2 Å². The molecule has 0 spiro atoms. The van der Waals surface area contributed by atoms with Crippen molar-refractivity contribution >= 4 is 44.8 Å². The number of benzene rings is 2. The van der Waals surface area contributed by atoms with Gasteiger partial charge in [-0.2, -0.15) is 0 Å². The molecule has 6 nitrogen and oxygen atoms in total. The van der Waals surface area contributed by atoms with Crippen molar-refractivity contribution in [1.29, 1.82) is 0 Å². The third-order valence-electron chi connectivity index (χ3n) is 4.44. The molecule has 1 atom stereocenters. The zero-order chi connectivity index (χ0) is 22.6. The van der Waals surface area contributed by atoms with E-state index in [1.807, 2.05) is 0 Å². The van der Waals surface area contributed by atoms with E-state index in [-0.39, 0.29) is 22.2 Å². The first-order valence-corrected chi connectivity index (χ1v) is 11.3. The molecule has 0 aliphatic carbocycles. The minimum Gasteiger partial charge on any atom is -0.350 e. The summed E-state index contributed by atoms with van der Waals surface area (Å²) in [6.45, 7) is 1.50. The van der Waals surface area contributed by atoms with Crippen LogP contribution in [0, 0.1) is 5.82 Å². The highest BCUT2D eigenvalue weighted by Gasteiger charge is 2.35.